The second-order valence-corrected chi connectivity index (χ2v) is 8.34. The topological polar surface area (TPSA) is 87.1 Å². The maximum atomic E-state index is 9.55. The van der Waals surface area contributed by atoms with E-state index in [-0.39, 0.29) is 0 Å². The zero-order valence-corrected chi connectivity index (χ0v) is 17.7. The minimum absolute atomic E-state index is 0.381. The Kier molecular flexibility index (Phi) is 6.92. The summed E-state index contributed by atoms with van der Waals surface area (Å²) in [5, 5.41) is 18.1. The molecule has 0 aromatic heterocycles. The zero-order chi connectivity index (χ0) is 21.0. The number of aliphatic carboxylic acids is 2. The third kappa shape index (κ3) is 5.81. The maximum absolute atomic E-state index is 9.55. The van der Waals surface area contributed by atoms with Crippen LogP contribution >= 0.6 is 15.9 Å². The number of carboxylic acid groups (broad SMARTS) is 2. The Hall–Kier alpha value is -2.38. The minimum atomic E-state index is -1.26. The Bertz CT molecular complexity index is 899. The third-order valence-corrected chi connectivity index (χ3v) is 5.99. The van der Waals surface area contributed by atoms with Crippen molar-refractivity contribution in [3.63, 3.8) is 0 Å². The van der Waals surface area contributed by atoms with Gasteiger partial charge in [-0.25, -0.2) is 9.59 Å². The first-order chi connectivity index (χ1) is 13.8. The SMILES string of the molecule is CN1C2CCC1CC(Oc1ccc3cc(Br)ccc3c1)C2.O=C(O)/C=C/C(=O)O. The summed E-state index contributed by atoms with van der Waals surface area (Å²) in [7, 11) is 2.27. The molecule has 0 aliphatic carbocycles. The summed E-state index contributed by atoms with van der Waals surface area (Å²) in [5.74, 6) is -1.50. The molecule has 2 unspecified atom stereocenters. The molecule has 0 saturated carbocycles. The van der Waals surface area contributed by atoms with E-state index in [0.29, 0.717) is 18.3 Å². The zero-order valence-electron chi connectivity index (χ0n) is 16.1. The fourth-order valence-corrected chi connectivity index (χ4v) is 4.44. The predicted molar refractivity (Wildman–Crippen MR) is 114 cm³/mol. The fourth-order valence-electron chi connectivity index (χ4n) is 4.06. The highest BCUT2D eigenvalue weighted by Crippen LogP contribution is 2.36. The number of nitrogens with zero attached hydrogens (tertiary/aromatic N) is 1. The van der Waals surface area contributed by atoms with Crippen molar-refractivity contribution in [1.82, 2.24) is 4.90 Å². The van der Waals surface area contributed by atoms with Gasteiger partial charge in [0.05, 0.1) is 0 Å². The van der Waals surface area contributed by atoms with Gasteiger partial charge in [0, 0.05) is 28.7 Å². The van der Waals surface area contributed by atoms with Gasteiger partial charge < -0.3 is 19.8 Å². The first kappa shape index (κ1) is 21.3. The van der Waals surface area contributed by atoms with E-state index in [1.807, 2.05) is 0 Å². The van der Waals surface area contributed by atoms with Crippen molar-refractivity contribution in [2.75, 3.05) is 7.05 Å². The van der Waals surface area contributed by atoms with Crippen molar-refractivity contribution < 1.29 is 24.5 Å². The third-order valence-electron chi connectivity index (χ3n) is 5.50. The normalized spacial score (nSPS) is 23.6. The summed E-state index contributed by atoms with van der Waals surface area (Å²) < 4.78 is 7.41. The second-order valence-electron chi connectivity index (χ2n) is 7.42. The van der Waals surface area contributed by atoms with Crippen LogP contribution in [0, 0.1) is 0 Å². The molecular formula is C22H24BrNO5. The van der Waals surface area contributed by atoms with Crippen LogP contribution in [0.1, 0.15) is 25.7 Å². The van der Waals surface area contributed by atoms with Gasteiger partial charge in [-0.3, -0.25) is 0 Å². The molecule has 2 heterocycles. The lowest BCUT2D eigenvalue weighted by molar-refractivity contribution is -0.134. The number of benzene rings is 2. The van der Waals surface area contributed by atoms with E-state index in [1.165, 1.54) is 36.5 Å². The van der Waals surface area contributed by atoms with Crippen LogP contribution in [0.2, 0.25) is 0 Å². The Labute approximate surface area is 177 Å². The average Bonchev–Trinajstić information content (AvgIpc) is 2.88. The number of carbonyl (C=O) groups is 2. The van der Waals surface area contributed by atoms with Crippen molar-refractivity contribution in [3.8, 4) is 5.75 Å². The molecule has 2 saturated heterocycles. The number of hydrogen-bond donors (Lipinski definition) is 2. The number of rotatable bonds is 4. The average molecular weight is 462 g/mol. The van der Waals surface area contributed by atoms with Gasteiger partial charge in [0.25, 0.3) is 0 Å². The van der Waals surface area contributed by atoms with Crippen molar-refractivity contribution in [2.45, 2.75) is 43.9 Å². The van der Waals surface area contributed by atoms with Crippen LogP contribution in [0.15, 0.2) is 53.0 Å². The Morgan fingerprint density at radius 2 is 1.55 bits per heavy atom. The van der Waals surface area contributed by atoms with E-state index in [9.17, 15) is 9.59 Å². The maximum Gasteiger partial charge on any atom is 0.328 e. The first-order valence-electron chi connectivity index (χ1n) is 9.53. The second kappa shape index (κ2) is 9.41. The molecule has 2 aliphatic heterocycles. The molecule has 6 nitrogen and oxygen atoms in total. The summed E-state index contributed by atoms with van der Waals surface area (Å²) in [6.07, 6.45) is 6.52. The monoisotopic (exact) mass is 461 g/mol. The molecule has 0 amide bonds. The van der Waals surface area contributed by atoms with Gasteiger partial charge in [-0.15, -0.1) is 0 Å². The number of fused-ring (bicyclic) bond motifs is 3. The van der Waals surface area contributed by atoms with Crippen molar-refractivity contribution in [3.05, 3.63) is 53.0 Å². The van der Waals surface area contributed by atoms with Crippen LogP contribution in [0.5, 0.6) is 5.75 Å². The van der Waals surface area contributed by atoms with Gasteiger partial charge in [0.1, 0.15) is 11.9 Å². The highest BCUT2D eigenvalue weighted by molar-refractivity contribution is 9.10. The Morgan fingerprint density at radius 3 is 2.14 bits per heavy atom. The number of carboxylic acids is 2. The lowest BCUT2D eigenvalue weighted by Gasteiger charge is -2.36. The highest BCUT2D eigenvalue weighted by atomic mass is 79.9. The van der Waals surface area contributed by atoms with E-state index in [1.54, 1.807) is 0 Å². The van der Waals surface area contributed by atoms with E-state index >= 15 is 0 Å². The van der Waals surface area contributed by atoms with E-state index in [2.05, 4.69) is 64.3 Å². The van der Waals surface area contributed by atoms with E-state index in [4.69, 9.17) is 14.9 Å². The molecule has 2 aliphatic rings. The number of halogens is 1. The fraction of sp³-hybridized carbons (Fsp3) is 0.364. The molecule has 2 N–H and O–H groups in total. The van der Waals surface area contributed by atoms with Crippen molar-refractivity contribution in [2.24, 2.45) is 0 Å². The molecule has 4 rings (SSSR count). The highest BCUT2D eigenvalue weighted by Gasteiger charge is 2.39. The van der Waals surface area contributed by atoms with Crippen LogP contribution in [-0.2, 0) is 9.59 Å². The summed E-state index contributed by atoms with van der Waals surface area (Å²) >= 11 is 3.52. The van der Waals surface area contributed by atoms with E-state index in [0.717, 1.165) is 22.3 Å². The molecule has 7 heteroatoms. The summed E-state index contributed by atoms with van der Waals surface area (Å²) in [5.41, 5.74) is 0. The molecule has 29 heavy (non-hydrogen) atoms. The largest absolute Gasteiger partial charge is 0.490 e. The van der Waals surface area contributed by atoms with E-state index < -0.39 is 11.9 Å². The quantitative estimate of drug-likeness (QED) is 0.659. The van der Waals surface area contributed by atoms with Gasteiger partial charge in [-0.1, -0.05) is 28.1 Å². The van der Waals surface area contributed by atoms with Gasteiger partial charge in [0.15, 0.2) is 0 Å². The van der Waals surface area contributed by atoms with Crippen molar-refractivity contribution >= 4 is 38.6 Å². The number of hydrogen-bond acceptors (Lipinski definition) is 4. The standard InChI is InChI=1S/C18H20BrNO.C4H4O4/c1-20-15-5-6-16(20)11-18(10-15)21-17-7-3-12-8-14(19)4-2-13(12)9-17;5-3(6)1-2-4(7)8/h2-4,7-9,15-16,18H,5-6,10-11H2,1H3;1-2H,(H,5,6)(H,7,8)/b;2-1+. The summed E-state index contributed by atoms with van der Waals surface area (Å²) in [6, 6.07) is 14.3. The molecule has 0 spiro atoms. The molecule has 2 aromatic rings. The lowest BCUT2D eigenvalue weighted by Crippen LogP contribution is -2.43. The van der Waals surface area contributed by atoms with Gasteiger partial charge >= 0.3 is 11.9 Å². The van der Waals surface area contributed by atoms with Crippen molar-refractivity contribution in [1.29, 1.82) is 0 Å². The smallest absolute Gasteiger partial charge is 0.328 e. The van der Waals surface area contributed by atoms with Crippen LogP contribution in [0.25, 0.3) is 10.8 Å². The molecular weight excluding hydrogens is 438 g/mol. The van der Waals surface area contributed by atoms with Crippen LogP contribution in [-0.4, -0.2) is 52.3 Å². The van der Waals surface area contributed by atoms with Gasteiger partial charge in [-0.2, -0.15) is 0 Å². The first-order valence-corrected chi connectivity index (χ1v) is 10.3. The molecule has 2 aromatic carbocycles. The summed E-state index contributed by atoms with van der Waals surface area (Å²) in [6.45, 7) is 0. The molecule has 2 atom stereocenters. The summed E-state index contributed by atoms with van der Waals surface area (Å²) in [4.78, 5) is 21.7. The molecule has 154 valence electrons. The lowest BCUT2D eigenvalue weighted by atomic mass is 10.0. The predicted octanol–water partition coefficient (Wildman–Crippen LogP) is 4.32. The Morgan fingerprint density at radius 1 is 1.00 bits per heavy atom. The van der Waals surface area contributed by atoms with Crippen LogP contribution < -0.4 is 4.74 Å². The van der Waals surface area contributed by atoms with Gasteiger partial charge in [0.2, 0.25) is 0 Å². The van der Waals surface area contributed by atoms with Crippen LogP contribution in [0.4, 0.5) is 0 Å². The minimum Gasteiger partial charge on any atom is -0.490 e. The number of ether oxygens (including phenoxy) is 1. The molecule has 2 fully saturated rings. The number of piperidine rings is 1. The van der Waals surface area contributed by atoms with Crippen LogP contribution in [0.3, 0.4) is 0 Å². The molecule has 2 bridgehead atoms. The van der Waals surface area contributed by atoms with Gasteiger partial charge in [-0.05, 0) is 67.8 Å². The Balaban J connectivity index is 0.000000258. The molecule has 0 radical (unpaired) electrons.